The monoisotopic (exact) mass is 214 g/mol. The molecular weight excluding hydrogens is 200 g/mol. The molecule has 0 saturated carbocycles. The normalized spacial score (nSPS) is 11.1. The lowest BCUT2D eigenvalue weighted by atomic mass is 10.1. The summed E-state index contributed by atoms with van der Waals surface area (Å²) in [7, 11) is 0. The van der Waals surface area contributed by atoms with Gasteiger partial charge in [0.15, 0.2) is 0 Å². The minimum Gasteiger partial charge on any atom is -0.465 e. The molecule has 2 aromatic rings. The first-order chi connectivity index (χ1) is 7.72. The molecule has 0 amide bonds. The lowest BCUT2D eigenvalue weighted by Gasteiger charge is -2.07. The maximum Gasteiger partial charge on any atom is 0.127 e. The molecule has 2 aromatic carbocycles. The third-order valence-electron chi connectivity index (χ3n) is 2.41. The van der Waals surface area contributed by atoms with Crippen molar-refractivity contribution < 1.29 is 4.74 Å². The summed E-state index contributed by atoms with van der Waals surface area (Å²) in [5.41, 5.74) is 12.9. The molecular formula is C13H14N2O. The van der Waals surface area contributed by atoms with Crippen LogP contribution in [0.2, 0.25) is 0 Å². The second-order valence-corrected chi connectivity index (χ2v) is 3.54. The van der Waals surface area contributed by atoms with E-state index in [-0.39, 0.29) is 0 Å². The number of fused-ring (bicyclic) bond motifs is 1. The Balaban J connectivity index is 2.55. The van der Waals surface area contributed by atoms with Gasteiger partial charge in [-0.1, -0.05) is 18.2 Å². The molecule has 0 spiro atoms. The molecule has 3 nitrogen and oxygen atoms in total. The molecule has 0 unspecified atom stereocenters. The second kappa shape index (κ2) is 4.14. The minimum absolute atomic E-state index is 0.593. The first-order valence-electron chi connectivity index (χ1n) is 5.08. The molecule has 0 aromatic heterocycles. The topological polar surface area (TPSA) is 61.3 Å². The van der Waals surface area contributed by atoms with Crippen LogP contribution in [0.4, 0.5) is 11.4 Å². The lowest BCUT2D eigenvalue weighted by Crippen LogP contribution is -1.95. The number of hydrogen-bond acceptors (Lipinski definition) is 3. The predicted molar refractivity (Wildman–Crippen MR) is 68.2 cm³/mol. The summed E-state index contributed by atoms with van der Waals surface area (Å²) in [4.78, 5) is 0. The summed E-state index contributed by atoms with van der Waals surface area (Å²) in [6.45, 7) is 1.90. The van der Waals surface area contributed by atoms with Gasteiger partial charge in [0.1, 0.15) is 5.75 Å². The highest BCUT2D eigenvalue weighted by atomic mass is 16.5. The van der Waals surface area contributed by atoms with Crippen LogP contribution >= 0.6 is 0 Å². The average Bonchev–Trinajstić information content (AvgIpc) is 2.31. The van der Waals surface area contributed by atoms with Crippen LogP contribution < -0.4 is 16.2 Å². The zero-order chi connectivity index (χ0) is 11.5. The number of nitrogens with two attached hydrogens (primary N) is 2. The Morgan fingerprint density at radius 2 is 1.88 bits per heavy atom. The molecule has 0 heterocycles. The maximum atomic E-state index is 5.92. The van der Waals surface area contributed by atoms with Crippen molar-refractivity contribution in [1.82, 2.24) is 0 Å². The van der Waals surface area contributed by atoms with Crippen LogP contribution in [-0.2, 0) is 0 Å². The predicted octanol–water partition coefficient (Wildman–Crippen LogP) is 2.92. The minimum atomic E-state index is 0.593. The van der Waals surface area contributed by atoms with Gasteiger partial charge in [0.05, 0.1) is 17.6 Å². The van der Waals surface area contributed by atoms with Crippen molar-refractivity contribution in [1.29, 1.82) is 0 Å². The number of allylic oxidation sites excluding steroid dienone is 1. The molecule has 0 fully saturated rings. The van der Waals surface area contributed by atoms with E-state index in [1.807, 2.05) is 43.3 Å². The van der Waals surface area contributed by atoms with Gasteiger partial charge < -0.3 is 16.2 Å². The molecule has 3 heteroatoms. The van der Waals surface area contributed by atoms with Gasteiger partial charge in [-0.2, -0.15) is 0 Å². The van der Waals surface area contributed by atoms with Crippen molar-refractivity contribution in [3.8, 4) is 5.75 Å². The van der Waals surface area contributed by atoms with Crippen LogP contribution in [0.1, 0.15) is 6.92 Å². The van der Waals surface area contributed by atoms with E-state index in [0.29, 0.717) is 11.4 Å². The molecule has 0 saturated heterocycles. The number of anilines is 2. The van der Waals surface area contributed by atoms with Gasteiger partial charge in [0.25, 0.3) is 0 Å². The Bertz CT molecular complexity index is 547. The van der Waals surface area contributed by atoms with Gasteiger partial charge in [-0.05, 0) is 30.5 Å². The highest BCUT2D eigenvalue weighted by molar-refractivity contribution is 5.99. The van der Waals surface area contributed by atoms with Gasteiger partial charge >= 0.3 is 0 Å². The van der Waals surface area contributed by atoms with Crippen molar-refractivity contribution in [3.05, 3.63) is 42.7 Å². The summed E-state index contributed by atoms with van der Waals surface area (Å²) in [5.74, 6) is 0.753. The summed E-state index contributed by atoms with van der Waals surface area (Å²) < 4.78 is 5.38. The summed E-state index contributed by atoms with van der Waals surface area (Å²) in [5, 5.41) is 1.97. The van der Waals surface area contributed by atoms with Gasteiger partial charge in [-0.15, -0.1) is 0 Å². The highest BCUT2D eigenvalue weighted by Crippen LogP contribution is 2.29. The van der Waals surface area contributed by atoms with Crippen LogP contribution in [-0.4, -0.2) is 0 Å². The second-order valence-electron chi connectivity index (χ2n) is 3.54. The summed E-state index contributed by atoms with van der Waals surface area (Å²) in [6, 6.07) is 9.51. The van der Waals surface area contributed by atoms with Crippen LogP contribution in [0, 0.1) is 0 Å². The largest absolute Gasteiger partial charge is 0.465 e. The third kappa shape index (κ3) is 1.80. The van der Waals surface area contributed by atoms with E-state index in [9.17, 15) is 0 Å². The summed E-state index contributed by atoms with van der Waals surface area (Å²) >= 11 is 0. The Hall–Kier alpha value is -2.16. The van der Waals surface area contributed by atoms with E-state index >= 15 is 0 Å². The van der Waals surface area contributed by atoms with Crippen LogP contribution in [0.3, 0.4) is 0 Å². The molecule has 0 bridgehead atoms. The number of ether oxygens (including phenoxy) is 1. The number of benzene rings is 2. The van der Waals surface area contributed by atoms with E-state index < -0.39 is 0 Å². The smallest absolute Gasteiger partial charge is 0.127 e. The fourth-order valence-corrected chi connectivity index (χ4v) is 1.56. The number of hydrogen-bond donors (Lipinski definition) is 2. The third-order valence-corrected chi connectivity index (χ3v) is 2.41. The average molecular weight is 214 g/mol. The first-order valence-corrected chi connectivity index (χ1v) is 5.08. The van der Waals surface area contributed by atoms with Gasteiger partial charge in [0, 0.05) is 5.39 Å². The van der Waals surface area contributed by atoms with Crippen molar-refractivity contribution in [3.63, 3.8) is 0 Å². The Labute approximate surface area is 94.3 Å². The van der Waals surface area contributed by atoms with Crippen LogP contribution in [0.15, 0.2) is 42.7 Å². The standard InChI is InChI=1S/C13H14N2O/c1-2-7-16-10-5-3-9-4-6-12(14)13(15)11(9)8-10/h2-8H,14-15H2,1H3. The Morgan fingerprint density at radius 1 is 1.12 bits per heavy atom. The number of nitrogen functional groups attached to an aromatic ring is 2. The van der Waals surface area contributed by atoms with E-state index in [2.05, 4.69) is 0 Å². The van der Waals surface area contributed by atoms with Crippen molar-refractivity contribution in [2.24, 2.45) is 0 Å². The van der Waals surface area contributed by atoms with E-state index in [0.717, 1.165) is 16.5 Å². The molecule has 0 radical (unpaired) electrons. The molecule has 2 rings (SSSR count). The molecule has 0 aliphatic carbocycles. The lowest BCUT2D eigenvalue weighted by molar-refractivity contribution is 0.481. The Kier molecular flexibility index (Phi) is 2.68. The van der Waals surface area contributed by atoms with Crippen molar-refractivity contribution in [2.45, 2.75) is 6.92 Å². The zero-order valence-electron chi connectivity index (χ0n) is 9.10. The molecule has 0 aliphatic rings. The fraction of sp³-hybridized carbons (Fsp3) is 0.0769. The van der Waals surface area contributed by atoms with Gasteiger partial charge in [0.2, 0.25) is 0 Å². The highest BCUT2D eigenvalue weighted by Gasteiger charge is 2.03. The maximum absolute atomic E-state index is 5.92. The van der Waals surface area contributed by atoms with Gasteiger partial charge in [-0.3, -0.25) is 0 Å². The quantitative estimate of drug-likeness (QED) is 0.596. The van der Waals surface area contributed by atoms with Crippen molar-refractivity contribution >= 4 is 22.1 Å². The number of rotatable bonds is 2. The van der Waals surface area contributed by atoms with Crippen LogP contribution in [0.25, 0.3) is 10.8 Å². The van der Waals surface area contributed by atoms with E-state index in [1.165, 1.54) is 0 Å². The molecule has 16 heavy (non-hydrogen) atoms. The Morgan fingerprint density at radius 3 is 2.62 bits per heavy atom. The zero-order valence-corrected chi connectivity index (χ0v) is 9.10. The molecule has 0 atom stereocenters. The molecule has 82 valence electrons. The van der Waals surface area contributed by atoms with E-state index in [4.69, 9.17) is 16.2 Å². The summed E-state index contributed by atoms with van der Waals surface area (Å²) in [6.07, 6.45) is 3.45. The van der Waals surface area contributed by atoms with Crippen molar-refractivity contribution in [2.75, 3.05) is 11.5 Å². The van der Waals surface area contributed by atoms with Gasteiger partial charge in [-0.25, -0.2) is 0 Å². The first kappa shape index (κ1) is 10.4. The molecule has 4 N–H and O–H groups in total. The van der Waals surface area contributed by atoms with E-state index in [1.54, 1.807) is 6.26 Å². The SMILES string of the molecule is CC=COc1ccc2ccc(N)c(N)c2c1. The molecule has 0 aliphatic heterocycles. The fourth-order valence-electron chi connectivity index (χ4n) is 1.56. The van der Waals surface area contributed by atoms with Crippen LogP contribution in [0.5, 0.6) is 5.75 Å².